The molecule has 4 heterocycles. The lowest BCUT2D eigenvalue weighted by molar-refractivity contribution is -0.139. The van der Waals surface area contributed by atoms with Crippen LogP contribution in [0, 0.1) is 11.3 Å². The van der Waals surface area contributed by atoms with Gasteiger partial charge < -0.3 is 19.9 Å². The molecule has 184 valence electrons. The van der Waals surface area contributed by atoms with Crippen molar-refractivity contribution in [2.45, 2.75) is 48.6 Å². The molecule has 0 saturated carbocycles. The van der Waals surface area contributed by atoms with Crippen LogP contribution in [0.3, 0.4) is 0 Å². The monoisotopic (exact) mass is 495 g/mol. The van der Waals surface area contributed by atoms with Gasteiger partial charge in [-0.25, -0.2) is 17.8 Å². The third-order valence-corrected chi connectivity index (χ3v) is 7.70. The lowest BCUT2D eigenvalue weighted by Crippen LogP contribution is -2.51. The van der Waals surface area contributed by atoms with E-state index in [-0.39, 0.29) is 48.4 Å². The Bertz CT molecular complexity index is 1180. The normalized spacial score (nSPS) is 28.3. The van der Waals surface area contributed by atoms with Gasteiger partial charge in [-0.05, 0) is 13.3 Å². The number of nitriles is 1. The summed E-state index contributed by atoms with van der Waals surface area (Å²) >= 11 is 0. The Morgan fingerprint density at radius 2 is 2.21 bits per heavy atom. The highest BCUT2D eigenvalue weighted by atomic mass is 32.2. The quantitative estimate of drug-likeness (QED) is 0.568. The van der Waals surface area contributed by atoms with Crippen LogP contribution in [0.15, 0.2) is 23.5 Å². The van der Waals surface area contributed by atoms with Crippen molar-refractivity contribution in [3.05, 3.63) is 24.2 Å². The van der Waals surface area contributed by atoms with E-state index >= 15 is 0 Å². The first kappa shape index (κ1) is 24.3. The van der Waals surface area contributed by atoms with E-state index in [2.05, 4.69) is 20.4 Å². The van der Waals surface area contributed by atoms with E-state index in [1.54, 1.807) is 14.0 Å². The van der Waals surface area contributed by atoms with Gasteiger partial charge in [0.2, 0.25) is 21.9 Å². The van der Waals surface area contributed by atoms with Crippen molar-refractivity contribution < 1.29 is 27.4 Å². The summed E-state index contributed by atoms with van der Waals surface area (Å²) in [4.78, 5) is 8.30. The number of nitrogens with one attached hydrogen (secondary N) is 1. The smallest absolute Gasteiger partial charge is 0.246 e. The van der Waals surface area contributed by atoms with E-state index in [1.165, 1.54) is 23.3 Å². The maximum Gasteiger partial charge on any atom is 0.246 e. The van der Waals surface area contributed by atoms with Crippen LogP contribution in [0.25, 0.3) is 0 Å². The van der Waals surface area contributed by atoms with Crippen molar-refractivity contribution >= 4 is 16.0 Å². The predicted octanol–water partition coefficient (Wildman–Crippen LogP) is 0.214. The zero-order valence-corrected chi connectivity index (χ0v) is 19.6. The molecule has 2 aliphatic rings. The molecule has 2 saturated heterocycles. The molecule has 4 atom stereocenters. The largest absolute Gasteiger partial charge is 0.470 e. The van der Waals surface area contributed by atoms with Crippen LogP contribution in [-0.4, -0.2) is 87.8 Å². The van der Waals surface area contributed by atoms with Gasteiger partial charge in [0.25, 0.3) is 0 Å². The van der Waals surface area contributed by atoms with Crippen molar-refractivity contribution in [1.82, 2.24) is 24.1 Å². The number of alkyl halides is 1. The fourth-order valence-electron chi connectivity index (χ4n) is 3.90. The summed E-state index contributed by atoms with van der Waals surface area (Å²) in [6.07, 6.45) is 2.26. The highest BCUT2D eigenvalue weighted by Crippen LogP contribution is 2.28. The number of aliphatic hydroxyl groups is 1. The predicted molar refractivity (Wildman–Crippen MR) is 116 cm³/mol. The van der Waals surface area contributed by atoms with Crippen molar-refractivity contribution in [2.75, 3.05) is 31.6 Å². The van der Waals surface area contributed by atoms with Gasteiger partial charge in [-0.2, -0.15) is 19.6 Å². The zero-order chi connectivity index (χ0) is 24.5. The average molecular weight is 496 g/mol. The maximum atomic E-state index is 15.0. The number of piperidine rings is 1. The van der Waals surface area contributed by atoms with Gasteiger partial charge in [0.05, 0.1) is 31.6 Å². The van der Waals surface area contributed by atoms with Crippen molar-refractivity contribution in [2.24, 2.45) is 7.05 Å². The summed E-state index contributed by atoms with van der Waals surface area (Å²) in [5, 5.41) is 26.6. The molecule has 0 radical (unpaired) electrons. The van der Waals surface area contributed by atoms with Crippen LogP contribution in [-0.2, 0) is 21.8 Å². The molecule has 34 heavy (non-hydrogen) atoms. The summed E-state index contributed by atoms with van der Waals surface area (Å²) in [6, 6.07) is 1.20. The lowest BCUT2D eigenvalue weighted by Gasteiger charge is -2.36. The van der Waals surface area contributed by atoms with Crippen LogP contribution in [0.2, 0.25) is 0 Å². The molecule has 0 unspecified atom stereocenters. The number of ether oxygens (including phenoxy) is 2. The van der Waals surface area contributed by atoms with Crippen LogP contribution in [0.4, 0.5) is 10.3 Å². The molecule has 0 aromatic carbocycles. The number of anilines is 1. The number of aromatic nitrogens is 4. The SMILES string of the molecule is Cn1cc(S(=O)(=O)N2CC[C@H](Nc3ncc(C#N)c(O[C@@H]4CCOC[C@]4(C)O)n3)[C@@H](F)C2)cn1. The average Bonchev–Trinajstić information content (AvgIpc) is 3.24. The standard InChI is InChI=1S/C20H26FN7O5S/c1-20(29)12-32-6-4-17(20)33-18-13(7-22)8-23-19(26-18)25-16-3-5-28(11-15(16)21)34(30,31)14-9-24-27(2)10-14/h8-10,15-17,29H,3-6,11-12H2,1-2H3,(H,23,25,26)/t15-,16-,17+,20-/m0/s1. The molecule has 2 fully saturated rings. The molecule has 2 N–H and O–H groups in total. The first-order valence-electron chi connectivity index (χ1n) is 10.7. The molecule has 0 aliphatic carbocycles. The van der Waals surface area contributed by atoms with E-state index in [0.717, 1.165) is 4.31 Å². The molecule has 2 aromatic rings. The van der Waals surface area contributed by atoms with Crippen molar-refractivity contribution in [3.8, 4) is 11.9 Å². The highest BCUT2D eigenvalue weighted by Gasteiger charge is 2.39. The molecule has 0 amide bonds. The Morgan fingerprint density at radius 3 is 2.85 bits per heavy atom. The number of hydrogen-bond donors (Lipinski definition) is 2. The Morgan fingerprint density at radius 1 is 1.41 bits per heavy atom. The molecule has 0 spiro atoms. The number of hydrogen-bond acceptors (Lipinski definition) is 10. The Kier molecular flexibility index (Phi) is 6.72. The molecule has 2 aromatic heterocycles. The van der Waals surface area contributed by atoms with E-state index in [9.17, 15) is 23.2 Å². The fraction of sp³-hybridized carbons (Fsp3) is 0.600. The van der Waals surface area contributed by atoms with E-state index in [1.807, 2.05) is 6.07 Å². The minimum atomic E-state index is -3.85. The van der Waals surface area contributed by atoms with E-state index in [0.29, 0.717) is 13.0 Å². The first-order chi connectivity index (χ1) is 16.1. The minimum Gasteiger partial charge on any atom is -0.470 e. The van der Waals surface area contributed by atoms with Gasteiger partial charge in [-0.3, -0.25) is 4.68 Å². The topological polar surface area (TPSA) is 155 Å². The molecule has 12 nitrogen and oxygen atoms in total. The second-order valence-corrected chi connectivity index (χ2v) is 10.5. The van der Waals surface area contributed by atoms with Crippen molar-refractivity contribution in [3.63, 3.8) is 0 Å². The van der Waals surface area contributed by atoms with Crippen molar-refractivity contribution in [1.29, 1.82) is 5.26 Å². The second-order valence-electron chi connectivity index (χ2n) is 8.60. The summed E-state index contributed by atoms with van der Waals surface area (Å²) in [6.45, 7) is 1.81. The fourth-order valence-corrected chi connectivity index (χ4v) is 5.35. The third kappa shape index (κ3) is 4.97. The van der Waals surface area contributed by atoms with Gasteiger partial charge in [-0.15, -0.1) is 0 Å². The Hall–Kier alpha value is -2.86. The van der Waals surface area contributed by atoms with E-state index in [4.69, 9.17) is 9.47 Å². The van der Waals surface area contributed by atoms with E-state index < -0.39 is 33.9 Å². The number of aryl methyl sites for hydroxylation is 1. The van der Waals surface area contributed by atoms with Gasteiger partial charge in [-0.1, -0.05) is 0 Å². The first-order valence-corrected chi connectivity index (χ1v) is 12.2. The molecular formula is C20H26FN7O5S. The van der Waals surface area contributed by atoms with Crippen LogP contribution in [0.5, 0.6) is 5.88 Å². The van der Waals surface area contributed by atoms with Crippen LogP contribution in [0.1, 0.15) is 25.3 Å². The summed E-state index contributed by atoms with van der Waals surface area (Å²) < 4.78 is 54.1. The van der Waals surface area contributed by atoms with Gasteiger partial charge >= 0.3 is 0 Å². The number of sulfonamides is 1. The lowest BCUT2D eigenvalue weighted by atomic mass is 9.95. The van der Waals surface area contributed by atoms with Gasteiger partial charge in [0.1, 0.15) is 34.4 Å². The number of halogens is 1. The van der Waals surface area contributed by atoms with Crippen LogP contribution >= 0.6 is 0 Å². The number of nitrogens with zero attached hydrogens (tertiary/aromatic N) is 6. The molecule has 14 heteroatoms. The van der Waals surface area contributed by atoms with Gasteiger partial charge in [0.15, 0.2) is 0 Å². The zero-order valence-electron chi connectivity index (χ0n) is 18.8. The molecule has 0 bridgehead atoms. The maximum absolute atomic E-state index is 15.0. The third-order valence-electron chi connectivity index (χ3n) is 5.88. The number of rotatable bonds is 6. The minimum absolute atomic E-state index is 0.00909. The van der Waals surface area contributed by atoms with Gasteiger partial charge in [0, 0.05) is 32.8 Å². The summed E-state index contributed by atoms with van der Waals surface area (Å²) in [5.41, 5.74) is -1.19. The Balaban J connectivity index is 1.45. The summed E-state index contributed by atoms with van der Waals surface area (Å²) in [5.74, 6) is 0.0103. The molecule has 4 rings (SSSR count). The Labute approximate surface area is 196 Å². The van der Waals surface area contributed by atoms with Crippen LogP contribution < -0.4 is 10.1 Å². The molecule has 2 aliphatic heterocycles. The molecular weight excluding hydrogens is 469 g/mol. The summed E-state index contributed by atoms with van der Waals surface area (Å²) in [7, 11) is -2.25. The second kappa shape index (κ2) is 9.41. The highest BCUT2D eigenvalue weighted by molar-refractivity contribution is 7.89.